The van der Waals surface area contributed by atoms with Crippen molar-refractivity contribution in [2.45, 2.75) is 19.4 Å². The first kappa shape index (κ1) is 14.4. The van der Waals surface area contributed by atoms with Crippen LogP contribution in [0.5, 0.6) is 0 Å². The molecule has 2 rings (SSSR count). The second-order valence-electron chi connectivity index (χ2n) is 4.92. The summed E-state index contributed by atoms with van der Waals surface area (Å²) < 4.78 is 26.6. The van der Waals surface area contributed by atoms with Gasteiger partial charge in [-0.25, -0.2) is 13.8 Å². The maximum atomic E-state index is 13.7. The number of benzene rings is 1. The van der Waals surface area contributed by atoms with Crippen LogP contribution >= 0.6 is 0 Å². The SMILES string of the molecule is Cc1cccc(NCC(C)(O)c2ccc(F)cc2F)n1. The standard InChI is InChI=1S/C15H16F2N2O/c1-10-4-3-5-14(19-10)18-9-15(2,20)12-7-6-11(16)8-13(12)17/h3-8,20H,9H2,1-2H3,(H,18,19). The summed E-state index contributed by atoms with van der Waals surface area (Å²) in [6.45, 7) is 3.38. The molecule has 0 radical (unpaired) electrons. The number of rotatable bonds is 4. The molecule has 0 saturated heterocycles. The Bertz CT molecular complexity index is 615. The Labute approximate surface area is 116 Å². The van der Waals surface area contributed by atoms with Gasteiger partial charge < -0.3 is 10.4 Å². The minimum Gasteiger partial charge on any atom is -0.383 e. The molecule has 1 aromatic heterocycles. The molecule has 0 bridgehead atoms. The third kappa shape index (κ3) is 3.30. The Morgan fingerprint density at radius 3 is 2.65 bits per heavy atom. The molecule has 0 aliphatic heterocycles. The fourth-order valence-electron chi connectivity index (χ4n) is 1.93. The number of aryl methyl sites for hydroxylation is 1. The highest BCUT2D eigenvalue weighted by atomic mass is 19.1. The van der Waals surface area contributed by atoms with Crippen molar-refractivity contribution in [2.75, 3.05) is 11.9 Å². The van der Waals surface area contributed by atoms with Crippen molar-refractivity contribution in [3.8, 4) is 0 Å². The zero-order valence-corrected chi connectivity index (χ0v) is 11.3. The van der Waals surface area contributed by atoms with Crippen molar-refractivity contribution in [3.05, 3.63) is 59.3 Å². The van der Waals surface area contributed by atoms with E-state index in [0.29, 0.717) is 5.82 Å². The fourth-order valence-corrected chi connectivity index (χ4v) is 1.93. The Morgan fingerprint density at radius 1 is 1.25 bits per heavy atom. The van der Waals surface area contributed by atoms with Crippen molar-refractivity contribution in [1.29, 1.82) is 0 Å². The lowest BCUT2D eigenvalue weighted by atomic mass is 9.95. The number of hydrogen-bond acceptors (Lipinski definition) is 3. The van der Waals surface area contributed by atoms with Crippen LogP contribution in [0.3, 0.4) is 0 Å². The van der Waals surface area contributed by atoms with Crippen LogP contribution in [0.1, 0.15) is 18.2 Å². The molecular formula is C15H16F2N2O. The summed E-state index contributed by atoms with van der Waals surface area (Å²) in [5, 5.41) is 13.3. The normalized spacial score (nSPS) is 13.8. The van der Waals surface area contributed by atoms with Crippen molar-refractivity contribution < 1.29 is 13.9 Å². The summed E-state index contributed by atoms with van der Waals surface area (Å²) in [6, 6.07) is 8.56. The van der Waals surface area contributed by atoms with Crippen LogP contribution in [0.2, 0.25) is 0 Å². The number of pyridine rings is 1. The minimum atomic E-state index is -1.47. The molecule has 1 atom stereocenters. The Kier molecular flexibility index (Phi) is 3.99. The predicted molar refractivity (Wildman–Crippen MR) is 73.4 cm³/mol. The molecule has 0 fully saturated rings. The topological polar surface area (TPSA) is 45.1 Å². The van der Waals surface area contributed by atoms with E-state index in [4.69, 9.17) is 0 Å². The lowest BCUT2D eigenvalue weighted by Gasteiger charge is -2.25. The molecule has 0 amide bonds. The van der Waals surface area contributed by atoms with E-state index < -0.39 is 17.2 Å². The van der Waals surface area contributed by atoms with Gasteiger partial charge in [0.2, 0.25) is 0 Å². The average Bonchev–Trinajstić information content (AvgIpc) is 2.36. The van der Waals surface area contributed by atoms with Crippen LogP contribution in [-0.2, 0) is 5.60 Å². The van der Waals surface area contributed by atoms with Crippen LogP contribution in [0.4, 0.5) is 14.6 Å². The maximum Gasteiger partial charge on any atom is 0.132 e. The highest BCUT2D eigenvalue weighted by molar-refractivity contribution is 5.37. The first-order chi connectivity index (χ1) is 9.38. The molecule has 2 aromatic rings. The maximum absolute atomic E-state index is 13.7. The molecule has 20 heavy (non-hydrogen) atoms. The molecule has 106 valence electrons. The summed E-state index contributed by atoms with van der Waals surface area (Å²) in [5.41, 5.74) is -0.593. The lowest BCUT2D eigenvalue weighted by Crippen LogP contribution is -2.32. The largest absolute Gasteiger partial charge is 0.383 e. The summed E-state index contributed by atoms with van der Waals surface area (Å²) in [4.78, 5) is 4.23. The van der Waals surface area contributed by atoms with E-state index in [1.54, 1.807) is 6.07 Å². The molecule has 1 unspecified atom stereocenters. The molecule has 0 saturated carbocycles. The second kappa shape index (κ2) is 5.54. The monoisotopic (exact) mass is 278 g/mol. The Balaban J connectivity index is 2.14. The number of hydrogen-bond donors (Lipinski definition) is 2. The second-order valence-corrected chi connectivity index (χ2v) is 4.92. The molecular weight excluding hydrogens is 262 g/mol. The van der Waals surface area contributed by atoms with Gasteiger partial charge in [0, 0.05) is 23.9 Å². The highest BCUT2D eigenvalue weighted by Gasteiger charge is 2.26. The molecule has 2 N–H and O–H groups in total. The number of halogens is 2. The van der Waals surface area contributed by atoms with Crippen LogP contribution < -0.4 is 5.32 Å². The van der Waals surface area contributed by atoms with E-state index in [0.717, 1.165) is 17.8 Å². The first-order valence-corrected chi connectivity index (χ1v) is 6.24. The smallest absolute Gasteiger partial charge is 0.132 e. The van der Waals surface area contributed by atoms with Crippen molar-refractivity contribution in [2.24, 2.45) is 0 Å². The molecule has 0 aliphatic rings. The van der Waals surface area contributed by atoms with E-state index in [9.17, 15) is 13.9 Å². The third-order valence-electron chi connectivity index (χ3n) is 3.01. The fraction of sp³-hybridized carbons (Fsp3) is 0.267. The van der Waals surface area contributed by atoms with Gasteiger partial charge in [-0.1, -0.05) is 12.1 Å². The lowest BCUT2D eigenvalue weighted by molar-refractivity contribution is 0.0674. The summed E-state index contributed by atoms with van der Waals surface area (Å²) in [6.07, 6.45) is 0. The molecule has 3 nitrogen and oxygen atoms in total. The summed E-state index contributed by atoms with van der Waals surface area (Å²) in [7, 11) is 0. The zero-order valence-electron chi connectivity index (χ0n) is 11.3. The summed E-state index contributed by atoms with van der Waals surface area (Å²) in [5.74, 6) is -0.850. The number of nitrogens with zero attached hydrogens (tertiary/aromatic N) is 1. The van der Waals surface area contributed by atoms with E-state index in [1.165, 1.54) is 13.0 Å². The Morgan fingerprint density at radius 2 is 2.00 bits per heavy atom. The van der Waals surface area contributed by atoms with Gasteiger partial charge in [0.1, 0.15) is 23.1 Å². The van der Waals surface area contributed by atoms with Gasteiger partial charge >= 0.3 is 0 Å². The number of nitrogens with one attached hydrogen (secondary N) is 1. The van der Waals surface area contributed by atoms with E-state index in [1.807, 2.05) is 19.1 Å². The van der Waals surface area contributed by atoms with Crippen molar-refractivity contribution in [1.82, 2.24) is 4.98 Å². The first-order valence-electron chi connectivity index (χ1n) is 6.24. The predicted octanol–water partition coefficient (Wildman–Crippen LogP) is 2.99. The highest BCUT2D eigenvalue weighted by Crippen LogP contribution is 2.24. The van der Waals surface area contributed by atoms with Gasteiger partial charge in [-0.3, -0.25) is 0 Å². The van der Waals surface area contributed by atoms with E-state index in [-0.39, 0.29) is 12.1 Å². The van der Waals surface area contributed by atoms with Crippen LogP contribution in [0.25, 0.3) is 0 Å². The van der Waals surface area contributed by atoms with Gasteiger partial charge in [0.15, 0.2) is 0 Å². The van der Waals surface area contributed by atoms with E-state index >= 15 is 0 Å². The molecule has 1 heterocycles. The Hall–Kier alpha value is -2.01. The van der Waals surface area contributed by atoms with Gasteiger partial charge in [-0.15, -0.1) is 0 Å². The van der Waals surface area contributed by atoms with Gasteiger partial charge in [0.25, 0.3) is 0 Å². The molecule has 5 heteroatoms. The number of aromatic nitrogens is 1. The van der Waals surface area contributed by atoms with Gasteiger partial charge in [0.05, 0.1) is 0 Å². The van der Waals surface area contributed by atoms with Crippen molar-refractivity contribution in [3.63, 3.8) is 0 Å². The van der Waals surface area contributed by atoms with Gasteiger partial charge in [-0.05, 0) is 32.0 Å². The van der Waals surface area contributed by atoms with Crippen LogP contribution in [-0.4, -0.2) is 16.6 Å². The molecule has 0 aliphatic carbocycles. The van der Waals surface area contributed by atoms with Crippen LogP contribution in [0, 0.1) is 18.6 Å². The quantitative estimate of drug-likeness (QED) is 0.903. The van der Waals surface area contributed by atoms with Crippen molar-refractivity contribution >= 4 is 5.82 Å². The zero-order chi connectivity index (χ0) is 14.8. The van der Waals surface area contributed by atoms with E-state index in [2.05, 4.69) is 10.3 Å². The molecule has 0 spiro atoms. The number of aliphatic hydroxyl groups is 1. The molecule has 1 aromatic carbocycles. The van der Waals surface area contributed by atoms with Crippen LogP contribution in [0.15, 0.2) is 36.4 Å². The number of anilines is 1. The third-order valence-corrected chi connectivity index (χ3v) is 3.01. The average molecular weight is 278 g/mol. The summed E-state index contributed by atoms with van der Waals surface area (Å²) >= 11 is 0. The van der Waals surface area contributed by atoms with Gasteiger partial charge in [-0.2, -0.15) is 0 Å². The minimum absolute atomic E-state index is 0.0408.